The van der Waals surface area contributed by atoms with Crippen molar-refractivity contribution in [1.82, 2.24) is 29.4 Å². The fraction of sp³-hybridized carbons (Fsp3) is 0.265. The van der Waals surface area contributed by atoms with Gasteiger partial charge in [0, 0.05) is 97.5 Å². The van der Waals surface area contributed by atoms with Crippen LogP contribution in [0.5, 0.6) is 0 Å². The summed E-state index contributed by atoms with van der Waals surface area (Å²) in [6.45, 7) is 20.4. The van der Waals surface area contributed by atoms with Crippen molar-refractivity contribution in [2.24, 2.45) is 0 Å². The zero-order valence-electron chi connectivity index (χ0n) is 49.5. The summed E-state index contributed by atoms with van der Waals surface area (Å²) < 4.78 is 18.1. The summed E-state index contributed by atoms with van der Waals surface area (Å²) in [5.74, 6) is 2.29. The molecule has 6 fully saturated rings. The topological polar surface area (TPSA) is 115 Å². The zero-order chi connectivity index (χ0) is 61.1. The van der Waals surface area contributed by atoms with E-state index in [1.165, 1.54) is 19.6 Å². The predicted molar refractivity (Wildman–Crippen MR) is 345 cm³/mol. The molecule has 19 heteroatoms. The Morgan fingerprint density at radius 3 is 0.966 bits per heavy atom. The SMILES string of the molecule is C=C(Cl)[C]1[CH][CH][CH][CH]1.C=C(Cl)[C]1[CH][CH][CH][CH]1.CCN1C(=O)C(=C/C=C(\[C]2[CH][CH][CH][CH]2)N(CCOCCOCCOCCN(Cc2ccccc2)/C(=C/C=C2C(=O)N(CC)C(=S)N(CC)C2=O)[C]2[CH][CH][CH][CH]2)Cc2ccccc2)C(=O)N(CC)C1=S.[Fe+2].[Fe+2]. The number of rotatable bonds is 28. The van der Waals surface area contributed by atoms with Crippen LogP contribution in [0.4, 0.5) is 0 Å². The Morgan fingerprint density at radius 1 is 0.448 bits per heavy atom. The second kappa shape index (κ2) is 40.7. The van der Waals surface area contributed by atoms with Crippen LogP contribution in [0.25, 0.3) is 0 Å². The summed E-state index contributed by atoms with van der Waals surface area (Å²) in [4.78, 5) is 64.0. The van der Waals surface area contributed by atoms with Crippen LogP contribution in [0, 0.1) is 126 Å². The Hall–Kier alpha value is -3.96. The first-order valence-electron chi connectivity index (χ1n) is 28.3. The van der Waals surface area contributed by atoms with Crippen LogP contribution in [0.1, 0.15) is 38.8 Å². The average Bonchev–Trinajstić information content (AvgIpc) is 1.71. The number of thiocarbonyl (C=S) groups is 2. The fourth-order valence-corrected chi connectivity index (χ4v) is 10.3. The molecule has 0 atom stereocenters. The zero-order valence-corrected chi connectivity index (χ0v) is 54.8. The standard InChI is InChI=1S/C54H62N6O7S2.2C7H6Cl.2Fe/c1-5-57-49(61)45(50(62)58(6-2)53(57)68)27-29-47(43-23-15-16-24-43)55(39-41-19-11-9-12-20-41)31-33-65-35-37-67-38-36-66-34-32-56(40-42-21-13-10-14-22-42)48(44-25-17-18-26-44)30-28-46-51(63)59(7-3)54(69)60(8-4)52(46)64;2*1-6(8)7-4-2-3-5-7;;/h9-30H,5-8,31-40H2,1-4H3;2*2-5H,1H2;;/q;;;2*+2/b47-29+,48-30+;;;;. The molecule has 4 saturated carbocycles. The van der Waals surface area contributed by atoms with Gasteiger partial charge in [-0.25, -0.2) is 0 Å². The molecule has 0 N–H and O–H groups in total. The molecule has 4 amide bonds. The second-order valence-corrected chi connectivity index (χ2v) is 20.8. The number of benzene rings is 2. The molecule has 2 aromatic rings. The van der Waals surface area contributed by atoms with Crippen molar-refractivity contribution in [3.63, 3.8) is 0 Å². The molecule has 13 nitrogen and oxygen atoms in total. The normalized spacial score (nSPS) is 18.1. The molecular formula is C68H74Cl2Fe2N6O7S2+4. The maximum atomic E-state index is 13.5. The van der Waals surface area contributed by atoms with E-state index in [1.54, 1.807) is 12.2 Å². The minimum absolute atomic E-state index is 0. The van der Waals surface area contributed by atoms with E-state index in [1.807, 2.05) is 179 Å². The van der Waals surface area contributed by atoms with Crippen molar-refractivity contribution in [3.8, 4) is 0 Å². The van der Waals surface area contributed by atoms with Crippen LogP contribution in [0.2, 0.25) is 0 Å². The van der Waals surface area contributed by atoms with Gasteiger partial charge in [-0.3, -0.25) is 38.8 Å². The quantitative estimate of drug-likeness (QED) is 0.0267. The number of amides is 4. The van der Waals surface area contributed by atoms with Crippen LogP contribution in [-0.2, 0) is 80.6 Å². The number of nitrogens with zero attached hydrogens (tertiary/aromatic N) is 6. The fourth-order valence-electron chi connectivity index (χ4n) is 9.16. The average molecular weight is 1330 g/mol. The minimum atomic E-state index is -0.403. The van der Waals surface area contributed by atoms with Gasteiger partial charge in [0.25, 0.3) is 23.6 Å². The summed E-state index contributed by atoms with van der Waals surface area (Å²) in [6.07, 6.45) is 38.2. The third-order valence-corrected chi connectivity index (χ3v) is 15.0. The van der Waals surface area contributed by atoms with Crippen molar-refractivity contribution in [2.75, 3.05) is 78.9 Å². The summed E-state index contributed by atoms with van der Waals surface area (Å²) in [6, 6.07) is 20.2. The summed E-state index contributed by atoms with van der Waals surface area (Å²) in [5.41, 5.74) is 4.01. The number of halogens is 2. The summed E-state index contributed by atoms with van der Waals surface area (Å²) in [7, 11) is 0. The Balaban J connectivity index is 0.000000776. The maximum absolute atomic E-state index is 13.5. The molecule has 0 spiro atoms. The Labute approximate surface area is 562 Å². The van der Waals surface area contributed by atoms with Gasteiger partial charge < -0.3 is 24.0 Å². The number of hydrogen-bond donors (Lipinski definition) is 0. The van der Waals surface area contributed by atoms with E-state index in [0.29, 0.717) is 102 Å². The monoisotopic (exact) mass is 1330 g/mol. The Kier molecular flexibility index (Phi) is 35.3. The molecule has 2 saturated heterocycles. The molecule has 8 rings (SSSR count). The van der Waals surface area contributed by atoms with Crippen LogP contribution in [-0.4, -0.2) is 142 Å². The summed E-state index contributed by atoms with van der Waals surface area (Å²) in [5, 5.41) is 1.67. The molecule has 2 heterocycles. The van der Waals surface area contributed by atoms with Gasteiger partial charge in [0.05, 0.1) is 39.6 Å². The number of carbonyl (C=O) groups is 4. The van der Waals surface area contributed by atoms with Crippen molar-refractivity contribution in [3.05, 3.63) is 268 Å². The molecule has 456 valence electrons. The molecule has 87 heavy (non-hydrogen) atoms. The molecule has 2 aliphatic heterocycles. The Bertz CT molecular complexity index is 2440. The van der Waals surface area contributed by atoms with Crippen molar-refractivity contribution >= 4 is 81.5 Å². The van der Waals surface area contributed by atoms with E-state index in [-0.39, 0.29) is 55.5 Å². The van der Waals surface area contributed by atoms with E-state index in [4.69, 9.17) is 61.8 Å². The van der Waals surface area contributed by atoms with Crippen LogP contribution < -0.4 is 0 Å². The first-order chi connectivity index (χ1) is 41.2. The van der Waals surface area contributed by atoms with Gasteiger partial charge in [0.1, 0.15) is 11.1 Å². The second-order valence-electron chi connectivity index (χ2n) is 19.2. The van der Waals surface area contributed by atoms with Crippen LogP contribution >= 0.6 is 47.6 Å². The van der Waals surface area contributed by atoms with E-state index in [9.17, 15) is 19.2 Å². The molecule has 4 aliphatic carbocycles. The van der Waals surface area contributed by atoms with Gasteiger partial charge in [-0.2, -0.15) is 0 Å². The minimum Gasteiger partial charge on any atom is -0.377 e. The molecular weight excluding hydrogens is 1260 g/mol. The largest absolute Gasteiger partial charge is 2.00 e. The van der Waals surface area contributed by atoms with Crippen molar-refractivity contribution in [2.45, 2.75) is 40.8 Å². The number of likely N-dealkylation sites (N-methyl/N-ethyl adjacent to an activating group) is 4. The van der Waals surface area contributed by atoms with Gasteiger partial charge >= 0.3 is 34.1 Å². The van der Waals surface area contributed by atoms with Gasteiger partial charge in [-0.05, 0) is 190 Å². The van der Waals surface area contributed by atoms with Crippen LogP contribution in [0.15, 0.2) is 131 Å². The molecule has 0 aromatic heterocycles. The smallest absolute Gasteiger partial charge is 0.377 e. The van der Waals surface area contributed by atoms with E-state index in [2.05, 4.69) is 47.2 Å². The first-order valence-corrected chi connectivity index (χ1v) is 29.9. The van der Waals surface area contributed by atoms with Crippen LogP contribution in [0.3, 0.4) is 0 Å². The number of ether oxygens (including phenoxy) is 3. The molecule has 0 unspecified atom stereocenters. The van der Waals surface area contributed by atoms with E-state index < -0.39 is 23.6 Å². The molecule has 2 aromatic carbocycles. The van der Waals surface area contributed by atoms with Crippen molar-refractivity contribution in [1.29, 1.82) is 0 Å². The van der Waals surface area contributed by atoms with E-state index >= 15 is 0 Å². The maximum Gasteiger partial charge on any atom is 2.00 e. The molecule has 6 aliphatic rings. The van der Waals surface area contributed by atoms with Gasteiger partial charge in [-0.1, -0.05) is 97.0 Å². The number of allylic oxidation sites excluding steroid dienone is 8. The summed E-state index contributed by atoms with van der Waals surface area (Å²) >= 11 is 22.0. The predicted octanol–water partition coefficient (Wildman–Crippen LogP) is 10.7. The molecule has 0 bridgehead atoms. The van der Waals surface area contributed by atoms with E-state index in [0.717, 1.165) is 46.2 Å². The Morgan fingerprint density at radius 2 is 0.713 bits per heavy atom. The third-order valence-electron chi connectivity index (χ3n) is 13.6. The third kappa shape index (κ3) is 22.7. The van der Waals surface area contributed by atoms with Gasteiger partial charge in [0.2, 0.25) is 0 Å². The molecule has 20 radical (unpaired) electrons. The van der Waals surface area contributed by atoms with Gasteiger partial charge in [-0.15, -0.1) is 0 Å². The van der Waals surface area contributed by atoms with Crippen molar-refractivity contribution < 1.29 is 67.5 Å². The van der Waals surface area contributed by atoms with Gasteiger partial charge in [0.15, 0.2) is 10.2 Å². The number of hydrogen-bond acceptors (Lipinski definition) is 11. The first kappa shape index (κ1) is 75.5. The number of carbonyl (C=O) groups excluding carboxylic acids is 4.